The van der Waals surface area contributed by atoms with E-state index in [1.54, 1.807) is 5.57 Å². The van der Waals surface area contributed by atoms with Gasteiger partial charge in [0.05, 0.1) is 17.8 Å². The summed E-state index contributed by atoms with van der Waals surface area (Å²) in [4.78, 5) is 0. The van der Waals surface area contributed by atoms with E-state index < -0.39 is 17.8 Å². The topological polar surface area (TPSA) is 60.7 Å². The molecule has 3 aliphatic rings. The van der Waals surface area contributed by atoms with Crippen LogP contribution in [0.25, 0.3) is 0 Å². The second kappa shape index (κ2) is 9.53. The molecule has 0 aromatic carbocycles. The van der Waals surface area contributed by atoms with Crippen LogP contribution in [0.2, 0.25) is 0 Å². The lowest BCUT2D eigenvalue weighted by atomic mass is 9.60. The molecule has 1 unspecified atom stereocenters. The van der Waals surface area contributed by atoms with E-state index in [0.717, 1.165) is 36.3 Å². The van der Waals surface area contributed by atoms with Gasteiger partial charge >= 0.3 is 0 Å². The normalized spacial score (nSPS) is 40.4. The van der Waals surface area contributed by atoms with E-state index in [2.05, 4.69) is 32.6 Å². The third kappa shape index (κ3) is 5.37. The maximum Gasteiger partial charge on any atom is 0.0837 e. The summed E-state index contributed by atoms with van der Waals surface area (Å²) in [5, 5.41) is 30.7. The average Bonchev–Trinajstić information content (AvgIpc) is 3.04. The number of allylic oxidation sites excluding steroid dienone is 3. The van der Waals surface area contributed by atoms with Crippen LogP contribution < -0.4 is 0 Å². The molecule has 31 heavy (non-hydrogen) atoms. The third-order valence-corrected chi connectivity index (χ3v) is 8.97. The highest BCUT2D eigenvalue weighted by Gasteiger charge is 2.50. The minimum absolute atomic E-state index is 0.149. The van der Waals surface area contributed by atoms with Crippen LogP contribution in [0.3, 0.4) is 0 Å². The zero-order chi connectivity index (χ0) is 23.0. The number of hydrogen-bond donors (Lipinski definition) is 3. The Morgan fingerprint density at radius 2 is 1.94 bits per heavy atom. The lowest BCUT2D eigenvalue weighted by Gasteiger charge is -2.44. The molecule has 0 heterocycles. The molecule has 176 valence electrons. The Morgan fingerprint density at radius 1 is 1.23 bits per heavy atom. The maximum absolute atomic E-state index is 10.4. The summed E-state index contributed by atoms with van der Waals surface area (Å²) in [6, 6.07) is 0. The summed E-state index contributed by atoms with van der Waals surface area (Å²) in [7, 11) is 0. The molecular formula is C28H46O3. The van der Waals surface area contributed by atoms with Crippen molar-refractivity contribution >= 4 is 0 Å². The Labute approximate surface area is 190 Å². The second-order valence-corrected chi connectivity index (χ2v) is 11.8. The van der Waals surface area contributed by atoms with Crippen molar-refractivity contribution in [3.63, 3.8) is 0 Å². The molecule has 3 aliphatic carbocycles. The predicted octanol–water partition coefficient (Wildman–Crippen LogP) is 5.95. The second-order valence-electron chi connectivity index (χ2n) is 11.8. The van der Waals surface area contributed by atoms with Crippen molar-refractivity contribution in [2.45, 2.75) is 110 Å². The standard InChI is InChI=1S/C28H46O3/c1-18(9-7-15-27(4,5)31)23-13-14-24-21(10-8-16-28(23,24)6)11-12-22-17-25(29)20(3)26(30)19(22)2/h11-12,18,20,23-26,29-31H,2,7-10,13-17H2,1,3-6H3/b21-11+,22-12-/t18-,20-,23+,24?,25+,26-,28+/m0/s1. The van der Waals surface area contributed by atoms with Gasteiger partial charge in [-0.05, 0) is 93.1 Å². The summed E-state index contributed by atoms with van der Waals surface area (Å²) < 4.78 is 0. The molecule has 0 amide bonds. The number of rotatable bonds is 6. The largest absolute Gasteiger partial charge is 0.392 e. The van der Waals surface area contributed by atoms with E-state index in [-0.39, 0.29) is 5.92 Å². The summed E-state index contributed by atoms with van der Waals surface area (Å²) in [5.74, 6) is 1.94. The molecular weight excluding hydrogens is 384 g/mol. The van der Waals surface area contributed by atoms with E-state index >= 15 is 0 Å². The molecule has 7 atom stereocenters. The van der Waals surface area contributed by atoms with Crippen LogP contribution in [0.1, 0.15) is 92.4 Å². The molecule has 3 nitrogen and oxygen atoms in total. The number of fused-ring (bicyclic) bond motifs is 1. The maximum atomic E-state index is 10.4. The van der Waals surface area contributed by atoms with Gasteiger partial charge in [0.25, 0.3) is 0 Å². The minimum Gasteiger partial charge on any atom is -0.392 e. The van der Waals surface area contributed by atoms with E-state index in [1.807, 2.05) is 20.8 Å². The molecule has 3 fully saturated rings. The van der Waals surface area contributed by atoms with Gasteiger partial charge in [0.2, 0.25) is 0 Å². The molecule has 0 aromatic heterocycles. The van der Waals surface area contributed by atoms with E-state index in [4.69, 9.17) is 0 Å². The smallest absolute Gasteiger partial charge is 0.0837 e. The van der Waals surface area contributed by atoms with Crippen molar-refractivity contribution in [2.24, 2.45) is 29.1 Å². The molecule has 0 aliphatic heterocycles. The summed E-state index contributed by atoms with van der Waals surface area (Å²) in [6.07, 6.45) is 13.4. The van der Waals surface area contributed by atoms with Crippen molar-refractivity contribution in [1.82, 2.24) is 0 Å². The molecule has 0 spiro atoms. The van der Waals surface area contributed by atoms with Gasteiger partial charge in [-0.1, -0.05) is 57.9 Å². The highest BCUT2D eigenvalue weighted by atomic mass is 16.3. The first kappa shape index (κ1) is 24.7. The van der Waals surface area contributed by atoms with E-state index in [1.165, 1.54) is 32.1 Å². The van der Waals surface area contributed by atoms with Crippen LogP contribution in [-0.4, -0.2) is 33.1 Å². The van der Waals surface area contributed by atoms with Gasteiger partial charge in [-0.2, -0.15) is 0 Å². The lowest BCUT2D eigenvalue weighted by Crippen LogP contribution is -2.36. The van der Waals surface area contributed by atoms with Crippen molar-refractivity contribution in [2.75, 3.05) is 0 Å². The van der Waals surface area contributed by atoms with Gasteiger partial charge in [0.1, 0.15) is 0 Å². The zero-order valence-electron chi connectivity index (χ0n) is 20.5. The first-order valence-electron chi connectivity index (χ1n) is 12.6. The fourth-order valence-corrected chi connectivity index (χ4v) is 6.91. The zero-order valence-corrected chi connectivity index (χ0v) is 20.5. The number of hydrogen-bond acceptors (Lipinski definition) is 3. The SMILES string of the molecule is C=C1/C(=C\C=C2/CCC[C@@]3(C)C2CC[C@@H]3[C@@H](C)CCCC(C)(C)O)C[C@@H](O)[C@H](C)[C@H]1O. The quantitative estimate of drug-likeness (QED) is 0.488. The van der Waals surface area contributed by atoms with Crippen LogP contribution in [0.4, 0.5) is 0 Å². The number of aliphatic hydroxyl groups is 3. The summed E-state index contributed by atoms with van der Waals surface area (Å²) in [5.41, 5.74) is 3.15. The van der Waals surface area contributed by atoms with Crippen molar-refractivity contribution < 1.29 is 15.3 Å². The van der Waals surface area contributed by atoms with Gasteiger partial charge in [0, 0.05) is 5.92 Å². The Morgan fingerprint density at radius 3 is 2.61 bits per heavy atom. The molecule has 0 aromatic rings. The molecule has 3 rings (SSSR count). The molecule has 0 bridgehead atoms. The van der Waals surface area contributed by atoms with Gasteiger partial charge in [-0.3, -0.25) is 0 Å². The highest BCUT2D eigenvalue weighted by molar-refractivity contribution is 5.39. The minimum atomic E-state index is -0.648. The van der Waals surface area contributed by atoms with Gasteiger partial charge in [-0.15, -0.1) is 0 Å². The Kier molecular flexibility index (Phi) is 7.61. The van der Waals surface area contributed by atoms with Crippen molar-refractivity contribution in [3.8, 4) is 0 Å². The van der Waals surface area contributed by atoms with Crippen LogP contribution in [-0.2, 0) is 0 Å². The molecule has 0 saturated heterocycles. The molecule has 3 heteroatoms. The highest BCUT2D eigenvalue weighted by Crippen LogP contribution is 2.60. The third-order valence-electron chi connectivity index (χ3n) is 8.97. The van der Waals surface area contributed by atoms with Gasteiger partial charge < -0.3 is 15.3 Å². The van der Waals surface area contributed by atoms with Crippen molar-refractivity contribution in [3.05, 3.63) is 35.5 Å². The van der Waals surface area contributed by atoms with E-state index in [0.29, 0.717) is 23.7 Å². The molecule has 0 radical (unpaired) electrons. The van der Waals surface area contributed by atoms with Gasteiger partial charge in [-0.25, -0.2) is 0 Å². The van der Waals surface area contributed by atoms with Crippen LogP contribution >= 0.6 is 0 Å². The summed E-state index contributed by atoms with van der Waals surface area (Å²) in [6.45, 7) is 14.8. The summed E-state index contributed by atoms with van der Waals surface area (Å²) >= 11 is 0. The predicted molar refractivity (Wildman–Crippen MR) is 129 cm³/mol. The first-order chi connectivity index (χ1) is 14.4. The Hall–Kier alpha value is -0.900. The fourth-order valence-electron chi connectivity index (χ4n) is 6.91. The van der Waals surface area contributed by atoms with Crippen molar-refractivity contribution in [1.29, 1.82) is 0 Å². The Balaban J connectivity index is 1.71. The van der Waals surface area contributed by atoms with Crippen LogP contribution in [0.5, 0.6) is 0 Å². The molecule has 3 saturated carbocycles. The monoisotopic (exact) mass is 430 g/mol. The number of aliphatic hydroxyl groups excluding tert-OH is 2. The lowest BCUT2D eigenvalue weighted by molar-refractivity contribution is 0.0283. The Bertz CT molecular complexity index is 712. The van der Waals surface area contributed by atoms with Crippen LogP contribution in [0, 0.1) is 29.1 Å². The fraction of sp³-hybridized carbons (Fsp3) is 0.786. The van der Waals surface area contributed by atoms with Crippen LogP contribution in [0.15, 0.2) is 35.5 Å². The van der Waals surface area contributed by atoms with Gasteiger partial charge in [0.15, 0.2) is 0 Å². The first-order valence-corrected chi connectivity index (χ1v) is 12.6. The van der Waals surface area contributed by atoms with E-state index in [9.17, 15) is 15.3 Å². The molecule has 3 N–H and O–H groups in total. The average molecular weight is 431 g/mol.